The Labute approximate surface area is 153 Å². The highest BCUT2D eigenvalue weighted by Crippen LogP contribution is 2.30. The summed E-state index contributed by atoms with van der Waals surface area (Å²) in [6, 6.07) is 8.49. The number of amides is 2. The highest BCUT2D eigenvalue weighted by atomic mass is 16.5. The number of nitrogens with zero attached hydrogens (tertiary/aromatic N) is 1. The number of rotatable bonds is 5. The van der Waals surface area contributed by atoms with E-state index in [0.717, 1.165) is 25.7 Å². The van der Waals surface area contributed by atoms with Gasteiger partial charge in [0.1, 0.15) is 5.75 Å². The van der Waals surface area contributed by atoms with E-state index in [9.17, 15) is 9.59 Å². The smallest absolute Gasteiger partial charge is 0.255 e. The number of benzene rings is 1. The van der Waals surface area contributed by atoms with Gasteiger partial charge in [-0.1, -0.05) is 19.3 Å². The van der Waals surface area contributed by atoms with Crippen LogP contribution in [0.2, 0.25) is 0 Å². The Balaban J connectivity index is 1.69. The standard InChI is InChI=1S/C20H23N3O3/c1-26-18-13-16(22-19(24)15-9-11-21-12-10-15)7-8-17(18)23-20(25)14-5-3-2-4-6-14/h7-14H,2-6H2,1H3,(H,22,24)(H,23,25). The highest BCUT2D eigenvalue weighted by molar-refractivity contribution is 6.04. The quantitative estimate of drug-likeness (QED) is 0.855. The maximum absolute atomic E-state index is 12.4. The zero-order valence-corrected chi connectivity index (χ0v) is 14.8. The Hall–Kier alpha value is -2.89. The van der Waals surface area contributed by atoms with E-state index in [4.69, 9.17) is 4.74 Å². The lowest BCUT2D eigenvalue weighted by Crippen LogP contribution is -2.25. The number of hydrogen-bond donors (Lipinski definition) is 2. The molecule has 6 heteroatoms. The minimum atomic E-state index is -0.228. The lowest BCUT2D eigenvalue weighted by Gasteiger charge is -2.21. The molecule has 1 fully saturated rings. The molecule has 2 amide bonds. The second kappa shape index (κ2) is 8.47. The summed E-state index contributed by atoms with van der Waals surface area (Å²) in [6.45, 7) is 0. The van der Waals surface area contributed by atoms with Gasteiger partial charge in [-0.15, -0.1) is 0 Å². The number of aromatic nitrogens is 1. The Morgan fingerprint density at radius 3 is 2.46 bits per heavy atom. The van der Waals surface area contributed by atoms with Gasteiger partial charge < -0.3 is 15.4 Å². The second-order valence-corrected chi connectivity index (χ2v) is 6.43. The fourth-order valence-electron chi connectivity index (χ4n) is 3.18. The molecule has 1 aliphatic carbocycles. The number of nitrogens with one attached hydrogen (secondary N) is 2. The monoisotopic (exact) mass is 353 g/mol. The Morgan fingerprint density at radius 2 is 1.77 bits per heavy atom. The molecule has 26 heavy (non-hydrogen) atoms. The first-order valence-corrected chi connectivity index (χ1v) is 8.87. The molecule has 1 aliphatic rings. The fraction of sp³-hybridized carbons (Fsp3) is 0.350. The summed E-state index contributed by atoms with van der Waals surface area (Å²) in [7, 11) is 1.54. The number of pyridine rings is 1. The van der Waals surface area contributed by atoms with Gasteiger partial charge in [0.05, 0.1) is 12.8 Å². The highest BCUT2D eigenvalue weighted by Gasteiger charge is 2.22. The van der Waals surface area contributed by atoms with E-state index < -0.39 is 0 Å². The zero-order chi connectivity index (χ0) is 18.4. The molecule has 1 aromatic heterocycles. The summed E-state index contributed by atoms with van der Waals surface area (Å²) in [6.07, 6.45) is 8.44. The number of carbonyl (C=O) groups is 2. The Morgan fingerprint density at radius 1 is 1.04 bits per heavy atom. The van der Waals surface area contributed by atoms with Crippen molar-refractivity contribution in [2.45, 2.75) is 32.1 Å². The molecule has 0 bridgehead atoms. The molecular weight excluding hydrogens is 330 g/mol. The van der Waals surface area contributed by atoms with Gasteiger partial charge in [-0.25, -0.2) is 0 Å². The lowest BCUT2D eigenvalue weighted by molar-refractivity contribution is -0.120. The van der Waals surface area contributed by atoms with Crippen molar-refractivity contribution in [3.05, 3.63) is 48.3 Å². The Kier molecular flexibility index (Phi) is 5.84. The number of anilines is 2. The third-order valence-electron chi connectivity index (χ3n) is 4.64. The summed E-state index contributed by atoms with van der Waals surface area (Å²) < 4.78 is 5.39. The molecule has 3 rings (SSSR count). The van der Waals surface area contributed by atoms with Gasteiger partial charge in [0.25, 0.3) is 5.91 Å². The summed E-state index contributed by atoms with van der Waals surface area (Å²) in [5.41, 5.74) is 1.73. The maximum Gasteiger partial charge on any atom is 0.255 e. The molecular formula is C20H23N3O3. The molecule has 0 radical (unpaired) electrons. The molecule has 0 aliphatic heterocycles. The predicted molar refractivity (Wildman–Crippen MR) is 100 cm³/mol. The van der Waals surface area contributed by atoms with E-state index in [-0.39, 0.29) is 17.7 Å². The average Bonchev–Trinajstić information content (AvgIpc) is 2.70. The van der Waals surface area contributed by atoms with Crippen LogP contribution in [0.25, 0.3) is 0 Å². The first-order chi connectivity index (χ1) is 12.7. The van der Waals surface area contributed by atoms with Crippen molar-refractivity contribution >= 4 is 23.2 Å². The zero-order valence-electron chi connectivity index (χ0n) is 14.8. The number of hydrogen-bond acceptors (Lipinski definition) is 4. The van der Waals surface area contributed by atoms with Crippen molar-refractivity contribution in [3.63, 3.8) is 0 Å². The van der Waals surface area contributed by atoms with Gasteiger partial charge in [-0.05, 0) is 37.1 Å². The molecule has 6 nitrogen and oxygen atoms in total. The van der Waals surface area contributed by atoms with Crippen LogP contribution in [0.3, 0.4) is 0 Å². The van der Waals surface area contributed by atoms with Crippen LogP contribution >= 0.6 is 0 Å². The number of ether oxygens (including phenoxy) is 1. The summed E-state index contributed by atoms with van der Waals surface area (Å²) in [4.78, 5) is 28.6. The van der Waals surface area contributed by atoms with Gasteiger partial charge in [-0.2, -0.15) is 0 Å². The van der Waals surface area contributed by atoms with Crippen LogP contribution in [0.1, 0.15) is 42.5 Å². The van der Waals surface area contributed by atoms with Crippen molar-refractivity contribution in [1.82, 2.24) is 4.98 Å². The molecule has 1 aromatic carbocycles. The molecule has 0 atom stereocenters. The molecule has 1 saturated carbocycles. The van der Waals surface area contributed by atoms with Gasteiger partial charge in [0.2, 0.25) is 5.91 Å². The first kappa shape index (κ1) is 17.9. The summed E-state index contributed by atoms with van der Waals surface area (Å²) in [5.74, 6) is 0.395. The van der Waals surface area contributed by atoms with Crippen molar-refractivity contribution in [3.8, 4) is 5.75 Å². The molecule has 136 valence electrons. The van der Waals surface area contributed by atoms with Crippen LogP contribution in [0.4, 0.5) is 11.4 Å². The number of methoxy groups -OCH3 is 1. The molecule has 0 unspecified atom stereocenters. The first-order valence-electron chi connectivity index (χ1n) is 8.87. The number of carbonyl (C=O) groups excluding carboxylic acids is 2. The van der Waals surface area contributed by atoms with Crippen LogP contribution in [-0.4, -0.2) is 23.9 Å². The Bertz CT molecular complexity index is 771. The summed E-state index contributed by atoms with van der Waals surface area (Å²) in [5, 5.41) is 5.78. The largest absolute Gasteiger partial charge is 0.494 e. The van der Waals surface area contributed by atoms with Gasteiger partial charge in [-0.3, -0.25) is 14.6 Å². The van der Waals surface area contributed by atoms with Crippen LogP contribution in [-0.2, 0) is 4.79 Å². The third-order valence-corrected chi connectivity index (χ3v) is 4.64. The molecule has 0 spiro atoms. The van der Waals surface area contributed by atoms with Crippen LogP contribution in [0.5, 0.6) is 5.75 Å². The fourth-order valence-corrected chi connectivity index (χ4v) is 3.18. The molecule has 2 N–H and O–H groups in total. The molecule has 2 aromatic rings. The maximum atomic E-state index is 12.4. The van der Waals surface area contributed by atoms with E-state index in [1.54, 1.807) is 49.8 Å². The third kappa shape index (κ3) is 4.39. The van der Waals surface area contributed by atoms with E-state index >= 15 is 0 Å². The van der Waals surface area contributed by atoms with Crippen LogP contribution in [0.15, 0.2) is 42.7 Å². The van der Waals surface area contributed by atoms with Gasteiger partial charge in [0, 0.05) is 35.6 Å². The summed E-state index contributed by atoms with van der Waals surface area (Å²) >= 11 is 0. The van der Waals surface area contributed by atoms with Gasteiger partial charge >= 0.3 is 0 Å². The average molecular weight is 353 g/mol. The van der Waals surface area contributed by atoms with Crippen molar-refractivity contribution in [1.29, 1.82) is 0 Å². The molecule has 1 heterocycles. The van der Waals surface area contributed by atoms with Crippen molar-refractivity contribution in [2.75, 3.05) is 17.7 Å². The van der Waals surface area contributed by atoms with Crippen LogP contribution < -0.4 is 15.4 Å². The molecule has 0 saturated heterocycles. The minimum absolute atomic E-state index is 0.0385. The van der Waals surface area contributed by atoms with Gasteiger partial charge in [0.15, 0.2) is 0 Å². The predicted octanol–water partition coefficient (Wildman–Crippen LogP) is 3.86. The van der Waals surface area contributed by atoms with Crippen molar-refractivity contribution < 1.29 is 14.3 Å². The minimum Gasteiger partial charge on any atom is -0.494 e. The second-order valence-electron chi connectivity index (χ2n) is 6.43. The normalized spacial score (nSPS) is 14.5. The lowest BCUT2D eigenvalue weighted by atomic mass is 9.88. The van der Waals surface area contributed by atoms with Crippen molar-refractivity contribution in [2.24, 2.45) is 5.92 Å². The van der Waals surface area contributed by atoms with E-state index in [1.165, 1.54) is 6.42 Å². The van der Waals surface area contributed by atoms with E-state index in [1.807, 2.05) is 0 Å². The topological polar surface area (TPSA) is 80.3 Å². The SMILES string of the molecule is COc1cc(NC(=O)c2ccncc2)ccc1NC(=O)C1CCCCC1. The van der Waals surface area contributed by atoms with E-state index in [0.29, 0.717) is 22.7 Å². The van der Waals surface area contributed by atoms with E-state index in [2.05, 4.69) is 15.6 Å². The van der Waals surface area contributed by atoms with Crippen LogP contribution in [0, 0.1) is 5.92 Å².